The summed E-state index contributed by atoms with van der Waals surface area (Å²) in [5, 5.41) is 2.46. The van der Waals surface area contributed by atoms with Crippen LogP contribution in [-0.2, 0) is 19.4 Å². The zero-order chi connectivity index (χ0) is 15.3. The van der Waals surface area contributed by atoms with E-state index in [2.05, 4.69) is 5.32 Å². The van der Waals surface area contributed by atoms with Crippen molar-refractivity contribution in [1.82, 2.24) is 15.1 Å². The molecule has 20 heavy (non-hydrogen) atoms. The van der Waals surface area contributed by atoms with Crippen LogP contribution in [0.25, 0.3) is 0 Å². The molecule has 1 atom stereocenters. The number of rotatable bonds is 5. The van der Waals surface area contributed by atoms with Crippen molar-refractivity contribution in [2.75, 3.05) is 45.2 Å². The molecule has 1 heterocycles. The molecule has 0 bridgehead atoms. The van der Waals surface area contributed by atoms with Gasteiger partial charge >= 0.3 is 11.8 Å². The highest BCUT2D eigenvalue weighted by Gasteiger charge is 2.36. The quantitative estimate of drug-likeness (QED) is 0.638. The molecule has 1 unspecified atom stereocenters. The topological polar surface area (TPSA) is 86.8 Å². The van der Waals surface area contributed by atoms with Crippen molar-refractivity contribution in [2.24, 2.45) is 0 Å². The molecule has 0 spiro atoms. The minimum absolute atomic E-state index is 0.0500. The van der Waals surface area contributed by atoms with Crippen molar-refractivity contribution in [3.63, 3.8) is 0 Å². The lowest BCUT2D eigenvalue weighted by atomic mass is 10.2. The number of nitrogens with zero attached hydrogens (tertiary/aromatic N) is 2. The first-order chi connectivity index (χ1) is 9.26. The molecule has 0 aromatic heterocycles. The highest BCUT2D eigenvalue weighted by atomic mass is 32.2. The van der Waals surface area contributed by atoms with Gasteiger partial charge in [-0.2, -0.15) is 0 Å². The van der Waals surface area contributed by atoms with E-state index in [1.807, 2.05) is 19.0 Å². The third-order valence-electron chi connectivity index (χ3n) is 3.23. The van der Waals surface area contributed by atoms with Crippen LogP contribution < -0.4 is 5.32 Å². The van der Waals surface area contributed by atoms with Crippen LogP contribution in [-0.4, -0.2) is 81.3 Å². The van der Waals surface area contributed by atoms with Crippen molar-refractivity contribution < 1.29 is 18.0 Å². The largest absolute Gasteiger partial charge is 0.348 e. The molecule has 116 valence electrons. The maximum absolute atomic E-state index is 12.1. The lowest BCUT2D eigenvalue weighted by Crippen LogP contribution is -2.50. The molecule has 1 aliphatic heterocycles. The predicted molar refractivity (Wildman–Crippen MR) is 76.0 cm³/mol. The van der Waals surface area contributed by atoms with Crippen molar-refractivity contribution in [1.29, 1.82) is 0 Å². The summed E-state index contributed by atoms with van der Waals surface area (Å²) in [6.07, 6.45) is 0.404. The van der Waals surface area contributed by atoms with Crippen LogP contribution in [0.3, 0.4) is 0 Å². The molecule has 1 aliphatic rings. The summed E-state index contributed by atoms with van der Waals surface area (Å²) in [7, 11) is 0.633. The van der Waals surface area contributed by atoms with E-state index in [1.54, 1.807) is 6.92 Å². The standard InChI is InChI=1S/C12H23N3O4S/c1-4-13-11(16)12(17)15(7-6-14(2)3)10-5-8-20(18,19)9-10/h10H,4-9H2,1-3H3,(H,13,16). The number of hydrogen-bond donors (Lipinski definition) is 1. The maximum Gasteiger partial charge on any atom is 0.312 e. The summed E-state index contributed by atoms with van der Waals surface area (Å²) >= 11 is 0. The van der Waals surface area contributed by atoms with Crippen LogP contribution in [0.4, 0.5) is 0 Å². The molecule has 0 aromatic rings. The Labute approximate surface area is 120 Å². The molecular weight excluding hydrogens is 282 g/mol. The average Bonchev–Trinajstić information content (AvgIpc) is 2.69. The zero-order valence-electron chi connectivity index (χ0n) is 12.3. The third-order valence-corrected chi connectivity index (χ3v) is 4.98. The number of hydrogen-bond acceptors (Lipinski definition) is 5. The fourth-order valence-corrected chi connectivity index (χ4v) is 3.88. The Morgan fingerprint density at radius 2 is 1.90 bits per heavy atom. The first kappa shape index (κ1) is 16.9. The highest BCUT2D eigenvalue weighted by Crippen LogP contribution is 2.18. The van der Waals surface area contributed by atoms with Crippen molar-refractivity contribution in [3.05, 3.63) is 0 Å². The zero-order valence-corrected chi connectivity index (χ0v) is 13.1. The van der Waals surface area contributed by atoms with E-state index in [-0.39, 0.29) is 11.5 Å². The van der Waals surface area contributed by atoms with Gasteiger partial charge in [-0.25, -0.2) is 8.42 Å². The van der Waals surface area contributed by atoms with Gasteiger partial charge in [0.2, 0.25) is 0 Å². The van der Waals surface area contributed by atoms with Crippen LogP contribution in [0.2, 0.25) is 0 Å². The molecule has 1 fully saturated rings. The van der Waals surface area contributed by atoms with E-state index in [4.69, 9.17) is 0 Å². The monoisotopic (exact) mass is 305 g/mol. The summed E-state index contributed by atoms with van der Waals surface area (Å²) < 4.78 is 23.1. The third kappa shape index (κ3) is 4.75. The van der Waals surface area contributed by atoms with Crippen LogP contribution in [0.1, 0.15) is 13.3 Å². The Morgan fingerprint density at radius 3 is 2.35 bits per heavy atom. The number of carbonyl (C=O) groups is 2. The summed E-state index contributed by atoms with van der Waals surface area (Å²) in [6.45, 7) is 3.04. The highest BCUT2D eigenvalue weighted by molar-refractivity contribution is 7.91. The van der Waals surface area contributed by atoms with Gasteiger partial charge in [-0.1, -0.05) is 0 Å². The minimum atomic E-state index is -3.09. The lowest BCUT2D eigenvalue weighted by Gasteiger charge is -2.28. The molecule has 1 rings (SSSR count). The number of nitrogens with one attached hydrogen (secondary N) is 1. The fourth-order valence-electron chi connectivity index (χ4n) is 2.15. The molecule has 0 radical (unpaired) electrons. The number of sulfone groups is 1. The summed E-state index contributed by atoms with van der Waals surface area (Å²) in [5.41, 5.74) is 0. The number of carbonyl (C=O) groups excluding carboxylic acids is 2. The minimum Gasteiger partial charge on any atom is -0.348 e. The van der Waals surface area contributed by atoms with Gasteiger partial charge in [0.15, 0.2) is 9.84 Å². The van der Waals surface area contributed by atoms with E-state index in [0.29, 0.717) is 26.1 Å². The number of likely N-dealkylation sites (N-methyl/N-ethyl adjacent to an activating group) is 2. The van der Waals surface area contributed by atoms with Gasteiger partial charge in [-0.05, 0) is 27.4 Å². The molecular formula is C12H23N3O4S. The normalized spacial score (nSPS) is 20.9. The van der Waals surface area contributed by atoms with E-state index in [0.717, 1.165) is 0 Å². The first-order valence-corrected chi connectivity index (χ1v) is 8.53. The van der Waals surface area contributed by atoms with Crippen LogP contribution in [0.15, 0.2) is 0 Å². The maximum atomic E-state index is 12.1. The molecule has 1 N–H and O–H groups in total. The Morgan fingerprint density at radius 1 is 1.25 bits per heavy atom. The van der Waals surface area contributed by atoms with Crippen molar-refractivity contribution in [3.8, 4) is 0 Å². The Hall–Kier alpha value is -1.15. The van der Waals surface area contributed by atoms with E-state index < -0.39 is 27.7 Å². The smallest absolute Gasteiger partial charge is 0.312 e. The van der Waals surface area contributed by atoms with Crippen LogP contribution in [0.5, 0.6) is 0 Å². The van der Waals surface area contributed by atoms with Crippen molar-refractivity contribution in [2.45, 2.75) is 19.4 Å². The second-order valence-corrected chi connectivity index (χ2v) is 7.45. The molecule has 8 heteroatoms. The Balaban J connectivity index is 2.80. The van der Waals surface area contributed by atoms with Crippen molar-refractivity contribution >= 4 is 21.7 Å². The molecule has 0 aliphatic carbocycles. The van der Waals surface area contributed by atoms with Crippen LogP contribution >= 0.6 is 0 Å². The molecule has 0 saturated carbocycles. The summed E-state index contributed by atoms with van der Waals surface area (Å²) in [4.78, 5) is 27.1. The van der Waals surface area contributed by atoms with E-state index in [9.17, 15) is 18.0 Å². The van der Waals surface area contributed by atoms with Crippen LogP contribution in [0, 0.1) is 0 Å². The Bertz CT molecular complexity index is 461. The Kier molecular flexibility index (Phi) is 5.94. The van der Waals surface area contributed by atoms with Gasteiger partial charge in [-0.3, -0.25) is 9.59 Å². The van der Waals surface area contributed by atoms with Gasteiger partial charge in [0.05, 0.1) is 11.5 Å². The number of amides is 2. The van der Waals surface area contributed by atoms with Gasteiger partial charge in [0.1, 0.15) is 0 Å². The predicted octanol–water partition coefficient (Wildman–Crippen LogP) is -1.30. The second-order valence-electron chi connectivity index (χ2n) is 5.22. The van der Waals surface area contributed by atoms with E-state index >= 15 is 0 Å². The first-order valence-electron chi connectivity index (χ1n) is 6.70. The SMILES string of the molecule is CCNC(=O)C(=O)N(CCN(C)C)C1CCS(=O)(=O)C1. The molecule has 2 amide bonds. The molecule has 1 saturated heterocycles. The van der Waals surface area contributed by atoms with Gasteiger partial charge in [0.25, 0.3) is 0 Å². The fraction of sp³-hybridized carbons (Fsp3) is 0.833. The second kappa shape index (κ2) is 7.03. The lowest BCUT2D eigenvalue weighted by molar-refractivity contribution is -0.147. The van der Waals surface area contributed by atoms with E-state index in [1.165, 1.54) is 4.90 Å². The van der Waals surface area contributed by atoms with Gasteiger partial charge < -0.3 is 15.1 Å². The molecule has 7 nitrogen and oxygen atoms in total. The molecule has 0 aromatic carbocycles. The summed E-state index contributed by atoms with van der Waals surface area (Å²) in [5.74, 6) is -1.28. The average molecular weight is 305 g/mol. The van der Waals surface area contributed by atoms with Gasteiger partial charge in [0, 0.05) is 25.7 Å². The van der Waals surface area contributed by atoms with Gasteiger partial charge in [-0.15, -0.1) is 0 Å². The summed E-state index contributed by atoms with van der Waals surface area (Å²) in [6, 6.07) is -0.393.